The molecule has 0 aromatic heterocycles. The summed E-state index contributed by atoms with van der Waals surface area (Å²) < 4.78 is 16.0. The zero-order chi connectivity index (χ0) is 15.9. The highest BCUT2D eigenvalue weighted by molar-refractivity contribution is 8.00. The number of amides is 1. The molecule has 1 amide bonds. The van der Waals surface area contributed by atoms with Crippen LogP contribution < -0.4 is 9.47 Å². The minimum absolute atomic E-state index is 0.0122. The number of methoxy groups -OCH3 is 2. The molecule has 0 spiro atoms. The summed E-state index contributed by atoms with van der Waals surface area (Å²) >= 11 is 1.64. The predicted octanol–water partition coefficient (Wildman–Crippen LogP) is 2.70. The van der Waals surface area contributed by atoms with Crippen LogP contribution in [0.3, 0.4) is 0 Å². The molecule has 0 aliphatic carbocycles. The van der Waals surface area contributed by atoms with Crippen molar-refractivity contribution >= 4 is 17.7 Å². The molecule has 1 aliphatic heterocycles. The molecule has 1 aromatic rings. The number of hydrogen-bond acceptors (Lipinski definition) is 5. The van der Waals surface area contributed by atoms with Crippen molar-refractivity contribution in [3.05, 3.63) is 23.8 Å². The van der Waals surface area contributed by atoms with E-state index in [2.05, 4.69) is 0 Å². The molecule has 1 aliphatic rings. The van der Waals surface area contributed by atoms with Gasteiger partial charge in [-0.15, -0.1) is 11.8 Å². The number of thioether (sulfide) groups is 1. The quantitative estimate of drug-likeness (QED) is 0.688. The Balaban J connectivity index is 2.13. The number of ether oxygens (including phenoxy) is 3. The Labute approximate surface area is 135 Å². The van der Waals surface area contributed by atoms with E-state index < -0.39 is 0 Å². The van der Waals surface area contributed by atoms with Gasteiger partial charge in [0.05, 0.1) is 20.0 Å². The van der Waals surface area contributed by atoms with Crippen LogP contribution in [0, 0.1) is 0 Å². The molecule has 1 atom stereocenters. The van der Waals surface area contributed by atoms with E-state index in [9.17, 15) is 4.79 Å². The maximum absolute atomic E-state index is 12.1. The first kappa shape index (κ1) is 17.0. The zero-order valence-electron chi connectivity index (χ0n) is 13.3. The van der Waals surface area contributed by atoms with Crippen LogP contribution >= 0.6 is 11.8 Å². The summed E-state index contributed by atoms with van der Waals surface area (Å²) in [6, 6.07) is 5.77. The third-order valence-electron chi connectivity index (χ3n) is 3.52. The highest BCUT2D eigenvalue weighted by Crippen LogP contribution is 2.41. The fourth-order valence-corrected chi connectivity index (χ4v) is 3.62. The number of nitrogens with zero attached hydrogens (tertiary/aromatic N) is 1. The van der Waals surface area contributed by atoms with Gasteiger partial charge in [-0.3, -0.25) is 4.79 Å². The molecule has 122 valence electrons. The van der Waals surface area contributed by atoms with E-state index in [1.165, 1.54) is 0 Å². The summed E-state index contributed by atoms with van der Waals surface area (Å²) in [6.07, 6.45) is 0.845. The van der Waals surface area contributed by atoms with Crippen molar-refractivity contribution < 1.29 is 19.0 Å². The summed E-state index contributed by atoms with van der Waals surface area (Å²) in [5.41, 5.74) is 1.03. The second-order valence-corrected chi connectivity index (χ2v) is 6.02. The van der Waals surface area contributed by atoms with Gasteiger partial charge < -0.3 is 19.1 Å². The van der Waals surface area contributed by atoms with Crippen LogP contribution in [0.1, 0.15) is 24.3 Å². The van der Waals surface area contributed by atoms with Crippen molar-refractivity contribution in [2.45, 2.75) is 18.7 Å². The van der Waals surface area contributed by atoms with Gasteiger partial charge in [0.15, 0.2) is 0 Å². The molecule has 0 radical (unpaired) electrons. The molecule has 1 aromatic carbocycles. The van der Waals surface area contributed by atoms with Crippen molar-refractivity contribution in [1.82, 2.24) is 4.90 Å². The molecule has 1 unspecified atom stereocenters. The van der Waals surface area contributed by atoms with Gasteiger partial charge in [-0.25, -0.2) is 0 Å². The van der Waals surface area contributed by atoms with Gasteiger partial charge >= 0.3 is 0 Å². The largest absolute Gasteiger partial charge is 0.497 e. The first-order chi connectivity index (χ1) is 10.7. The van der Waals surface area contributed by atoms with Crippen LogP contribution in [0.2, 0.25) is 0 Å². The normalized spacial score (nSPS) is 17.9. The molecular formula is C16H23NO4S. The van der Waals surface area contributed by atoms with Crippen molar-refractivity contribution in [1.29, 1.82) is 0 Å². The molecule has 22 heavy (non-hydrogen) atoms. The van der Waals surface area contributed by atoms with Gasteiger partial charge in [0.1, 0.15) is 16.9 Å². The monoisotopic (exact) mass is 325 g/mol. The average Bonchev–Trinajstić information content (AvgIpc) is 2.92. The first-order valence-electron chi connectivity index (χ1n) is 7.41. The fourth-order valence-electron chi connectivity index (χ4n) is 2.43. The van der Waals surface area contributed by atoms with Gasteiger partial charge in [-0.05, 0) is 31.0 Å². The van der Waals surface area contributed by atoms with Crippen LogP contribution in [0.15, 0.2) is 18.2 Å². The van der Waals surface area contributed by atoms with Gasteiger partial charge in [0.2, 0.25) is 5.91 Å². The number of carbonyl (C=O) groups is 1. The lowest BCUT2D eigenvalue weighted by Crippen LogP contribution is -2.30. The van der Waals surface area contributed by atoms with Crippen molar-refractivity contribution in [3.8, 4) is 11.5 Å². The molecule has 1 fully saturated rings. The maximum atomic E-state index is 12.1. The maximum Gasteiger partial charge on any atom is 0.233 e. The minimum Gasteiger partial charge on any atom is -0.497 e. The Morgan fingerprint density at radius 2 is 1.91 bits per heavy atom. The second kappa shape index (κ2) is 8.29. The molecule has 0 saturated carbocycles. The Bertz CT molecular complexity index is 487. The van der Waals surface area contributed by atoms with E-state index in [1.54, 1.807) is 26.0 Å². The standard InChI is InChI=1S/C16H23NO4S/c1-4-21-7-5-6-17-15(18)11-22-16(17)12-8-13(19-2)10-14(9-12)20-3/h8-10,16H,4-7,11H2,1-3H3. The lowest BCUT2D eigenvalue weighted by atomic mass is 10.1. The third-order valence-corrected chi connectivity index (χ3v) is 4.77. The lowest BCUT2D eigenvalue weighted by Gasteiger charge is -2.25. The van der Waals surface area contributed by atoms with Crippen LogP contribution in [0.25, 0.3) is 0 Å². The average molecular weight is 325 g/mol. The molecule has 2 rings (SSSR count). The summed E-state index contributed by atoms with van der Waals surface area (Å²) in [7, 11) is 3.26. The Kier molecular flexibility index (Phi) is 6.39. The second-order valence-electron chi connectivity index (χ2n) is 4.95. The van der Waals surface area contributed by atoms with Gasteiger partial charge in [0, 0.05) is 25.8 Å². The Hall–Kier alpha value is -1.40. The van der Waals surface area contributed by atoms with Crippen LogP contribution in [0.5, 0.6) is 11.5 Å². The van der Waals surface area contributed by atoms with E-state index in [0.717, 1.165) is 23.5 Å². The van der Waals surface area contributed by atoms with Crippen LogP contribution in [-0.4, -0.2) is 50.5 Å². The van der Waals surface area contributed by atoms with E-state index in [1.807, 2.05) is 30.0 Å². The molecular weight excluding hydrogens is 302 g/mol. The highest BCUT2D eigenvalue weighted by Gasteiger charge is 2.32. The number of rotatable bonds is 8. The van der Waals surface area contributed by atoms with Gasteiger partial charge in [-0.2, -0.15) is 0 Å². The molecule has 0 bridgehead atoms. The van der Waals surface area contributed by atoms with Crippen molar-refractivity contribution in [2.24, 2.45) is 0 Å². The smallest absolute Gasteiger partial charge is 0.233 e. The SMILES string of the molecule is CCOCCCN1C(=O)CSC1c1cc(OC)cc(OC)c1. The predicted molar refractivity (Wildman–Crippen MR) is 87.6 cm³/mol. The van der Waals surface area contributed by atoms with Crippen molar-refractivity contribution in [2.75, 3.05) is 39.7 Å². The number of hydrogen-bond donors (Lipinski definition) is 0. The number of carbonyl (C=O) groups excluding carboxylic acids is 1. The summed E-state index contributed by atoms with van der Waals surface area (Å²) in [4.78, 5) is 14.0. The molecule has 5 nitrogen and oxygen atoms in total. The number of benzene rings is 1. The van der Waals surface area contributed by atoms with E-state index in [0.29, 0.717) is 25.5 Å². The van der Waals surface area contributed by atoms with Crippen molar-refractivity contribution in [3.63, 3.8) is 0 Å². The molecule has 1 heterocycles. The molecule has 6 heteroatoms. The molecule has 1 saturated heterocycles. The van der Waals surface area contributed by atoms with Crippen LogP contribution in [-0.2, 0) is 9.53 Å². The molecule has 0 N–H and O–H groups in total. The Morgan fingerprint density at radius 3 is 2.50 bits per heavy atom. The zero-order valence-corrected chi connectivity index (χ0v) is 14.1. The van der Waals surface area contributed by atoms with E-state index in [4.69, 9.17) is 14.2 Å². The summed E-state index contributed by atoms with van der Waals surface area (Å²) in [5, 5.41) is 0.0122. The third kappa shape index (κ3) is 4.08. The fraction of sp³-hybridized carbons (Fsp3) is 0.562. The minimum atomic E-state index is 0.0122. The topological polar surface area (TPSA) is 48.0 Å². The van der Waals surface area contributed by atoms with Crippen LogP contribution in [0.4, 0.5) is 0 Å². The summed E-state index contributed by atoms with van der Waals surface area (Å²) in [5.74, 6) is 2.17. The Morgan fingerprint density at radius 1 is 1.23 bits per heavy atom. The van der Waals surface area contributed by atoms with Gasteiger partial charge in [-0.1, -0.05) is 0 Å². The first-order valence-corrected chi connectivity index (χ1v) is 8.46. The lowest BCUT2D eigenvalue weighted by molar-refractivity contribution is -0.128. The van der Waals surface area contributed by atoms with E-state index in [-0.39, 0.29) is 11.3 Å². The van der Waals surface area contributed by atoms with Gasteiger partial charge in [0.25, 0.3) is 0 Å². The van der Waals surface area contributed by atoms with E-state index >= 15 is 0 Å². The summed E-state index contributed by atoms with van der Waals surface area (Å²) in [6.45, 7) is 4.07. The highest BCUT2D eigenvalue weighted by atomic mass is 32.2.